The monoisotopic (exact) mass is 398 g/mol. The van der Waals surface area contributed by atoms with E-state index < -0.39 is 5.63 Å². The summed E-state index contributed by atoms with van der Waals surface area (Å²) in [5.74, 6) is 1.15. The van der Waals surface area contributed by atoms with E-state index >= 15 is 0 Å². The summed E-state index contributed by atoms with van der Waals surface area (Å²) in [6.07, 6.45) is 0. The molecule has 0 unspecified atom stereocenters. The molecule has 124 valence electrons. The van der Waals surface area contributed by atoms with Crippen LogP contribution in [0.25, 0.3) is 33.9 Å². The first-order valence-corrected chi connectivity index (χ1v) is 8.15. The molecule has 25 heavy (non-hydrogen) atoms. The van der Waals surface area contributed by atoms with E-state index in [0.29, 0.717) is 11.5 Å². The van der Waals surface area contributed by atoms with Crippen LogP contribution < -0.4 is 10.4 Å². The van der Waals surface area contributed by atoms with Crippen molar-refractivity contribution in [2.45, 2.75) is 0 Å². The van der Waals surface area contributed by atoms with E-state index in [9.17, 15) is 4.79 Å². The zero-order valence-electron chi connectivity index (χ0n) is 13.0. The van der Waals surface area contributed by atoms with Crippen LogP contribution in [0.5, 0.6) is 5.75 Å². The van der Waals surface area contributed by atoms with E-state index in [4.69, 9.17) is 13.6 Å². The highest BCUT2D eigenvalue weighted by molar-refractivity contribution is 9.10. The number of halogens is 1. The van der Waals surface area contributed by atoms with Crippen LogP contribution in [0.2, 0.25) is 0 Å². The van der Waals surface area contributed by atoms with Gasteiger partial charge in [-0.25, -0.2) is 4.79 Å². The maximum absolute atomic E-state index is 12.2. The minimum absolute atomic E-state index is 0.112. The molecule has 0 bridgehead atoms. The van der Waals surface area contributed by atoms with E-state index in [2.05, 4.69) is 26.1 Å². The summed E-state index contributed by atoms with van der Waals surface area (Å²) in [7, 11) is 1.59. The molecule has 0 fully saturated rings. The van der Waals surface area contributed by atoms with Crippen molar-refractivity contribution in [2.24, 2.45) is 0 Å². The summed E-state index contributed by atoms with van der Waals surface area (Å²) in [5, 5.41) is 8.74. The van der Waals surface area contributed by atoms with Crippen LogP contribution in [0, 0.1) is 0 Å². The van der Waals surface area contributed by atoms with Crippen LogP contribution in [0.1, 0.15) is 0 Å². The van der Waals surface area contributed by atoms with Crippen LogP contribution in [0.15, 0.2) is 66.6 Å². The average molecular weight is 399 g/mol. The van der Waals surface area contributed by atoms with E-state index in [1.54, 1.807) is 49.6 Å². The van der Waals surface area contributed by atoms with Gasteiger partial charge in [-0.3, -0.25) is 0 Å². The third-order valence-corrected chi connectivity index (χ3v) is 4.18. The minimum Gasteiger partial charge on any atom is -0.497 e. The van der Waals surface area contributed by atoms with Crippen molar-refractivity contribution in [3.05, 3.63) is 63.4 Å². The first-order valence-electron chi connectivity index (χ1n) is 7.36. The van der Waals surface area contributed by atoms with Gasteiger partial charge in [-0.05, 0) is 48.5 Å². The van der Waals surface area contributed by atoms with Crippen molar-refractivity contribution >= 4 is 26.9 Å². The van der Waals surface area contributed by atoms with Crippen LogP contribution in [0.3, 0.4) is 0 Å². The van der Waals surface area contributed by atoms with Gasteiger partial charge in [0.05, 0.1) is 7.11 Å². The first kappa shape index (κ1) is 15.6. The molecule has 7 heteroatoms. The lowest BCUT2D eigenvalue weighted by Crippen LogP contribution is -2.02. The second-order valence-corrected chi connectivity index (χ2v) is 6.19. The standard InChI is InChI=1S/C18H11BrN2O4/c1-23-13-5-2-10(3-6-13)16-20-21-17(25-16)14-9-11-8-12(19)4-7-15(11)24-18(14)22/h2-9H,1H3. The number of benzene rings is 2. The molecule has 4 rings (SSSR count). The Kier molecular flexibility index (Phi) is 3.85. The molecule has 2 heterocycles. The Morgan fingerprint density at radius 3 is 2.48 bits per heavy atom. The van der Waals surface area contributed by atoms with Crippen LogP contribution >= 0.6 is 15.9 Å². The molecule has 0 atom stereocenters. The fourth-order valence-corrected chi connectivity index (χ4v) is 2.80. The van der Waals surface area contributed by atoms with Gasteiger partial charge < -0.3 is 13.6 Å². The van der Waals surface area contributed by atoms with E-state index in [1.807, 2.05) is 6.07 Å². The predicted octanol–water partition coefficient (Wildman–Crippen LogP) is 4.28. The molecule has 0 spiro atoms. The van der Waals surface area contributed by atoms with Gasteiger partial charge in [0, 0.05) is 15.4 Å². The second-order valence-electron chi connectivity index (χ2n) is 5.27. The second kappa shape index (κ2) is 6.18. The summed E-state index contributed by atoms with van der Waals surface area (Å²) in [4.78, 5) is 12.2. The molecule has 2 aromatic carbocycles. The van der Waals surface area contributed by atoms with Crippen molar-refractivity contribution < 1.29 is 13.6 Å². The molecule has 4 aromatic rings. The number of ether oxygens (including phenoxy) is 1. The normalized spacial score (nSPS) is 11.0. The quantitative estimate of drug-likeness (QED) is 0.479. The Bertz CT molecular complexity index is 1120. The first-order chi connectivity index (χ1) is 12.1. The SMILES string of the molecule is COc1ccc(-c2nnc(-c3cc4cc(Br)ccc4oc3=O)o2)cc1. The van der Waals surface area contributed by atoms with Gasteiger partial charge in [0.2, 0.25) is 5.89 Å². The van der Waals surface area contributed by atoms with Gasteiger partial charge in [0.15, 0.2) is 0 Å². The van der Waals surface area contributed by atoms with Gasteiger partial charge in [-0.15, -0.1) is 10.2 Å². The number of nitrogens with zero attached hydrogens (tertiary/aromatic N) is 2. The largest absolute Gasteiger partial charge is 0.497 e. The summed E-state index contributed by atoms with van der Waals surface area (Å²) in [6, 6.07) is 14.2. The number of fused-ring (bicyclic) bond motifs is 1. The third-order valence-electron chi connectivity index (χ3n) is 3.69. The molecular weight excluding hydrogens is 388 g/mol. The minimum atomic E-state index is -0.528. The molecule has 2 aromatic heterocycles. The molecule has 0 saturated heterocycles. The zero-order chi connectivity index (χ0) is 17.4. The Hall–Kier alpha value is -2.93. The summed E-state index contributed by atoms with van der Waals surface area (Å²) >= 11 is 3.40. The fraction of sp³-hybridized carbons (Fsp3) is 0.0556. The van der Waals surface area contributed by atoms with E-state index in [1.165, 1.54) is 0 Å². The Morgan fingerprint density at radius 1 is 0.960 bits per heavy atom. The molecule has 0 amide bonds. The number of hydrogen-bond acceptors (Lipinski definition) is 6. The maximum Gasteiger partial charge on any atom is 0.349 e. The molecular formula is C18H11BrN2O4. The Labute approximate surface area is 150 Å². The van der Waals surface area contributed by atoms with Crippen molar-refractivity contribution in [2.75, 3.05) is 7.11 Å². The van der Waals surface area contributed by atoms with Gasteiger partial charge in [0.25, 0.3) is 5.89 Å². The smallest absolute Gasteiger partial charge is 0.349 e. The average Bonchev–Trinajstić information content (AvgIpc) is 3.11. The van der Waals surface area contributed by atoms with Gasteiger partial charge >= 0.3 is 5.63 Å². The molecule has 6 nitrogen and oxygen atoms in total. The molecule has 0 N–H and O–H groups in total. The van der Waals surface area contributed by atoms with Crippen LogP contribution in [0.4, 0.5) is 0 Å². The number of rotatable bonds is 3. The lowest BCUT2D eigenvalue weighted by molar-refractivity contribution is 0.415. The van der Waals surface area contributed by atoms with Crippen LogP contribution in [-0.2, 0) is 0 Å². The highest BCUT2D eigenvalue weighted by Gasteiger charge is 2.16. The van der Waals surface area contributed by atoms with E-state index in [-0.39, 0.29) is 11.5 Å². The summed E-state index contributed by atoms with van der Waals surface area (Å²) < 4.78 is 17.0. The predicted molar refractivity (Wildman–Crippen MR) is 95.5 cm³/mol. The molecule has 0 aliphatic rings. The Balaban J connectivity index is 1.77. The lowest BCUT2D eigenvalue weighted by atomic mass is 10.2. The topological polar surface area (TPSA) is 78.4 Å². The lowest BCUT2D eigenvalue weighted by Gasteiger charge is -2.00. The van der Waals surface area contributed by atoms with E-state index in [0.717, 1.165) is 21.2 Å². The number of hydrogen-bond donors (Lipinski definition) is 0. The fourth-order valence-electron chi connectivity index (χ4n) is 2.43. The molecule has 0 radical (unpaired) electrons. The molecule has 0 aliphatic carbocycles. The maximum atomic E-state index is 12.2. The summed E-state index contributed by atoms with van der Waals surface area (Å²) in [6.45, 7) is 0. The summed E-state index contributed by atoms with van der Waals surface area (Å²) in [5.41, 5.74) is 0.914. The van der Waals surface area contributed by atoms with Crippen molar-refractivity contribution in [1.29, 1.82) is 0 Å². The van der Waals surface area contributed by atoms with Gasteiger partial charge in [-0.1, -0.05) is 15.9 Å². The third kappa shape index (κ3) is 2.94. The molecule has 0 aliphatic heterocycles. The van der Waals surface area contributed by atoms with Crippen molar-refractivity contribution in [3.8, 4) is 28.7 Å². The molecule has 0 saturated carbocycles. The van der Waals surface area contributed by atoms with Crippen LogP contribution in [-0.4, -0.2) is 17.3 Å². The number of methoxy groups -OCH3 is 1. The van der Waals surface area contributed by atoms with Gasteiger partial charge in [-0.2, -0.15) is 0 Å². The number of aromatic nitrogens is 2. The van der Waals surface area contributed by atoms with Crippen molar-refractivity contribution in [3.63, 3.8) is 0 Å². The van der Waals surface area contributed by atoms with Crippen molar-refractivity contribution in [1.82, 2.24) is 10.2 Å². The highest BCUT2D eigenvalue weighted by Crippen LogP contribution is 2.26. The highest BCUT2D eigenvalue weighted by atomic mass is 79.9. The Morgan fingerprint density at radius 2 is 1.72 bits per heavy atom. The van der Waals surface area contributed by atoms with Gasteiger partial charge in [0.1, 0.15) is 16.9 Å². The zero-order valence-corrected chi connectivity index (χ0v) is 14.6.